The summed E-state index contributed by atoms with van der Waals surface area (Å²) < 4.78 is 5.44. The molecule has 0 unspecified atom stereocenters. The van der Waals surface area contributed by atoms with Gasteiger partial charge in [0.1, 0.15) is 11.4 Å². The van der Waals surface area contributed by atoms with E-state index in [0.29, 0.717) is 17.0 Å². The highest BCUT2D eigenvalue weighted by molar-refractivity contribution is 6.46. The summed E-state index contributed by atoms with van der Waals surface area (Å²) in [7, 11) is 1.53. The second kappa shape index (κ2) is 8.35. The predicted molar refractivity (Wildman–Crippen MR) is 128 cm³/mol. The van der Waals surface area contributed by atoms with Gasteiger partial charge in [-0.05, 0) is 68.1 Å². The van der Waals surface area contributed by atoms with Crippen molar-refractivity contribution in [1.29, 1.82) is 0 Å². The Labute approximate surface area is 188 Å². The minimum absolute atomic E-state index is 0.265. The summed E-state index contributed by atoms with van der Waals surface area (Å²) in [5.74, 6) is -0.322. The van der Waals surface area contributed by atoms with E-state index >= 15 is 0 Å². The molecule has 3 aromatic rings. The summed E-state index contributed by atoms with van der Waals surface area (Å²) in [6, 6.07) is 18.8. The van der Waals surface area contributed by atoms with Crippen LogP contribution in [0.1, 0.15) is 27.8 Å². The predicted octanol–water partition coefficient (Wildman–Crippen LogP) is 5.33. The highest BCUT2D eigenvalue weighted by atomic mass is 16.5. The summed E-state index contributed by atoms with van der Waals surface area (Å²) >= 11 is 0. The van der Waals surface area contributed by atoms with Gasteiger partial charge in [-0.3, -0.25) is 9.59 Å². The molecule has 0 radical (unpaired) electrons. The van der Waals surface area contributed by atoms with Crippen molar-refractivity contribution in [3.8, 4) is 5.75 Å². The van der Waals surface area contributed by atoms with Gasteiger partial charge in [0.05, 0.1) is 18.4 Å². The fourth-order valence-electron chi connectivity index (χ4n) is 4.04. The SMILES string of the molecule is COc1ccccc1N1C(=O)C(Nc2cccc(C)c2C)=C(c2ccc(C)cc2C)C1=O. The molecular weight excluding hydrogens is 400 g/mol. The lowest BCUT2D eigenvalue weighted by atomic mass is 9.97. The van der Waals surface area contributed by atoms with Gasteiger partial charge in [0.15, 0.2) is 0 Å². The van der Waals surface area contributed by atoms with Crippen LogP contribution in [0.2, 0.25) is 0 Å². The fraction of sp³-hybridized carbons (Fsp3) is 0.185. The quantitative estimate of drug-likeness (QED) is 0.561. The van der Waals surface area contributed by atoms with Gasteiger partial charge in [-0.25, -0.2) is 4.90 Å². The number of anilines is 2. The Morgan fingerprint density at radius 1 is 0.812 bits per heavy atom. The van der Waals surface area contributed by atoms with Gasteiger partial charge in [-0.1, -0.05) is 48.0 Å². The number of hydrogen-bond donors (Lipinski definition) is 1. The largest absolute Gasteiger partial charge is 0.495 e. The Balaban J connectivity index is 1.91. The highest BCUT2D eigenvalue weighted by Gasteiger charge is 2.42. The minimum Gasteiger partial charge on any atom is -0.495 e. The van der Waals surface area contributed by atoms with E-state index in [0.717, 1.165) is 33.5 Å². The number of rotatable bonds is 5. The van der Waals surface area contributed by atoms with Crippen molar-refractivity contribution in [2.24, 2.45) is 0 Å². The zero-order chi connectivity index (χ0) is 23.0. The number of nitrogens with zero attached hydrogens (tertiary/aromatic N) is 1. The maximum atomic E-state index is 13.7. The topological polar surface area (TPSA) is 58.6 Å². The van der Waals surface area contributed by atoms with Crippen molar-refractivity contribution in [1.82, 2.24) is 0 Å². The first-order chi connectivity index (χ1) is 15.3. The fourth-order valence-corrected chi connectivity index (χ4v) is 4.04. The van der Waals surface area contributed by atoms with E-state index in [9.17, 15) is 9.59 Å². The van der Waals surface area contributed by atoms with Gasteiger partial charge in [0.25, 0.3) is 11.8 Å². The lowest BCUT2D eigenvalue weighted by molar-refractivity contribution is -0.120. The molecule has 0 aromatic heterocycles. The van der Waals surface area contributed by atoms with Crippen molar-refractivity contribution in [3.63, 3.8) is 0 Å². The summed E-state index contributed by atoms with van der Waals surface area (Å²) in [5.41, 5.74) is 6.73. The zero-order valence-corrected chi connectivity index (χ0v) is 18.9. The van der Waals surface area contributed by atoms with Crippen LogP contribution in [0.4, 0.5) is 11.4 Å². The number of ether oxygens (including phenoxy) is 1. The number of para-hydroxylation sites is 2. The first-order valence-corrected chi connectivity index (χ1v) is 10.5. The molecule has 5 nitrogen and oxygen atoms in total. The number of carbonyl (C=O) groups is 2. The molecule has 2 amide bonds. The molecule has 0 aliphatic carbocycles. The summed E-state index contributed by atoms with van der Waals surface area (Å²) in [6.45, 7) is 7.97. The van der Waals surface area contributed by atoms with Crippen molar-refractivity contribution < 1.29 is 14.3 Å². The van der Waals surface area contributed by atoms with Crippen molar-refractivity contribution in [2.45, 2.75) is 27.7 Å². The number of carbonyl (C=O) groups excluding carboxylic acids is 2. The molecular formula is C27H26N2O3. The molecule has 1 aliphatic rings. The van der Waals surface area contributed by atoms with Gasteiger partial charge in [0.2, 0.25) is 0 Å². The molecule has 3 aromatic carbocycles. The molecule has 162 valence electrons. The first-order valence-electron chi connectivity index (χ1n) is 10.5. The summed E-state index contributed by atoms with van der Waals surface area (Å²) in [4.78, 5) is 28.6. The van der Waals surface area contributed by atoms with Crippen LogP contribution in [0.15, 0.2) is 66.4 Å². The first kappa shape index (κ1) is 21.4. The molecule has 0 saturated carbocycles. The molecule has 0 fully saturated rings. The van der Waals surface area contributed by atoms with Crippen LogP contribution in [0.5, 0.6) is 5.75 Å². The van der Waals surface area contributed by atoms with Crippen molar-refractivity contribution >= 4 is 28.8 Å². The van der Waals surface area contributed by atoms with Gasteiger partial charge < -0.3 is 10.1 Å². The molecule has 1 aliphatic heterocycles. The molecule has 5 heteroatoms. The minimum atomic E-state index is -0.407. The van der Waals surface area contributed by atoms with Gasteiger partial charge in [-0.15, -0.1) is 0 Å². The third-order valence-electron chi connectivity index (χ3n) is 5.93. The number of amides is 2. The number of imide groups is 1. The summed E-state index contributed by atoms with van der Waals surface area (Å²) in [5, 5.41) is 3.28. The highest BCUT2D eigenvalue weighted by Crippen LogP contribution is 2.39. The lowest BCUT2D eigenvalue weighted by Gasteiger charge is -2.18. The van der Waals surface area contributed by atoms with E-state index in [4.69, 9.17) is 4.74 Å². The van der Waals surface area contributed by atoms with Crippen LogP contribution in [0.25, 0.3) is 5.57 Å². The molecule has 0 spiro atoms. The van der Waals surface area contributed by atoms with Crippen LogP contribution in [0.3, 0.4) is 0 Å². The number of benzene rings is 3. The summed E-state index contributed by atoms with van der Waals surface area (Å²) in [6.07, 6.45) is 0. The van der Waals surface area contributed by atoms with Crippen molar-refractivity contribution in [2.75, 3.05) is 17.3 Å². The van der Waals surface area contributed by atoms with Gasteiger partial charge >= 0.3 is 0 Å². The Hall–Kier alpha value is -3.86. The average Bonchev–Trinajstić information content (AvgIpc) is 3.01. The van der Waals surface area contributed by atoms with E-state index in [2.05, 4.69) is 5.32 Å². The van der Waals surface area contributed by atoms with Crippen LogP contribution in [-0.2, 0) is 9.59 Å². The van der Waals surface area contributed by atoms with E-state index in [1.807, 2.05) is 64.1 Å². The molecule has 0 atom stereocenters. The van der Waals surface area contributed by atoms with Gasteiger partial charge in [-0.2, -0.15) is 0 Å². The van der Waals surface area contributed by atoms with E-state index < -0.39 is 5.91 Å². The second-order valence-corrected chi connectivity index (χ2v) is 8.06. The Bertz CT molecular complexity index is 1270. The molecule has 0 saturated heterocycles. The van der Waals surface area contributed by atoms with E-state index in [1.54, 1.807) is 24.3 Å². The molecule has 32 heavy (non-hydrogen) atoms. The molecule has 0 bridgehead atoms. The Morgan fingerprint density at radius 2 is 1.56 bits per heavy atom. The van der Waals surface area contributed by atoms with Gasteiger partial charge in [0, 0.05) is 5.69 Å². The normalized spacial score (nSPS) is 13.7. The van der Waals surface area contributed by atoms with Crippen LogP contribution in [0, 0.1) is 27.7 Å². The maximum absolute atomic E-state index is 13.7. The number of methoxy groups -OCH3 is 1. The zero-order valence-electron chi connectivity index (χ0n) is 18.9. The Kier molecular flexibility index (Phi) is 5.57. The number of hydrogen-bond acceptors (Lipinski definition) is 4. The second-order valence-electron chi connectivity index (χ2n) is 8.06. The third-order valence-corrected chi connectivity index (χ3v) is 5.93. The third kappa shape index (κ3) is 3.56. The van der Waals surface area contributed by atoms with E-state index in [-0.39, 0.29) is 11.6 Å². The van der Waals surface area contributed by atoms with Crippen LogP contribution < -0.4 is 15.0 Å². The van der Waals surface area contributed by atoms with Crippen LogP contribution >= 0.6 is 0 Å². The Morgan fingerprint density at radius 3 is 2.28 bits per heavy atom. The molecule has 1 N–H and O–H groups in total. The standard InChI is InChI=1S/C27H26N2O3/c1-16-13-14-20(18(3)15-16)24-25(28-21-10-8-9-17(2)19(21)4)27(31)29(26(24)30)22-11-6-7-12-23(22)32-5/h6-15,28H,1-5H3. The monoisotopic (exact) mass is 426 g/mol. The smallest absolute Gasteiger partial charge is 0.282 e. The van der Waals surface area contributed by atoms with Crippen LogP contribution in [-0.4, -0.2) is 18.9 Å². The molecule has 1 heterocycles. The van der Waals surface area contributed by atoms with E-state index in [1.165, 1.54) is 12.0 Å². The molecule has 4 rings (SSSR count). The number of aryl methyl sites for hydroxylation is 3. The number of nitrogens with one attached hydrogen (secondary N) is 1. The van der Waals surface area contributed by atoms with Crippen molar-refractivity contribution in [3.05, 3.63) is 94.2 Å². The lowest BCUT2D eigenvalue weighted by Crippen LogP contribution is -2.32. The maximum Gasteiger partial charge on any atom is 0.282 e. The average molecular weight is 427 g/mol.